The summed E-state index contributed by atoms with van der Waals surface area (Å²) in [6.07, 6.45) is -0.229. The maximum absolute atomic E-state index is 11.8. The summed E-state index contributed by atoms with van der Waals surface area (Å²) in [5.41, 5.74) is 2.53. The summed E-state index contributed by atoms with van der Waals surface area (Å²) >= 11 is 0. The van der Waals surface area contributed by atoms with Crippen molar-refractivity contribution in [2.75, 3.05) is 53.9 Å². The van der Waals surface area contributed by atoms with Gasteiger partial charge in [-0.05, 0) is 32.1 Å². The summed E-state index contributed by atoms with van der Waals surface area (Å²) in [7, 11) is 5.93. The zero-order chi connectivity index (χ0) is 18.9. The van der Waals surface area contributed by atoms with E-state index in [1.807, 2.05) is 6.92 Å². The molecule has 144 valence electrons. The van der Waals surface area contributed by atoms with Gasteiger partial charge < -0.3 is 24.8 Å². The average Bonchev–Trinajstić information content (AvgIpc) is 2.64. The van der Waals surface area contributed by atoms with Gasteiger partial charge in [-0.15, -0.1) is 0 Å². The highest BCUT2D eigenvalue weighted by Crippen LogP contribution is 2.08. The standard InChI is InChI=1S/C19H31N5O2/c1-5-26-19(25)24-12-10-23(11-13-24)18(20-2)21-14-16-6-8-17(9-7-16)15-22(3)4/h6-9H,5,10-15H2,1-4H3,(H,20,21). The predicted octanol–water partition coefficient (Wildman–Crippen LogP) is 1.60. The highest BCUT2D eigenvalue weighted by atomic mass is 16.6. The van der Waals surface area contributed by atoms with Crippen LogP contribution in [0.25, 0.3) is 0 Å². The smallest absolute Gasteiger partial charge is 0.409 e. The van der Waals surface area contributed by atoms with Gasteiger partial charge >= 0.3 is 6.09 Å². The van der Waals surface area contributed by atoms with Gasteiger partial charge in [0, 0.05) is 46.3 Å². The molecule has 1 aromatic rings. The first kappa shape index (κ1) is 20.0. The van der Waals surface area contributed by atoms with Crippen molar-refractivity contribution >= 4 is 12.1 Å². The first-order valence-electron chi connectivity index (χ1n) is 9.13. The summed E-state index contributed by atoms with van der Waals surface area (Å²) in [6, 6.07) is 8.63. The third kappa shape index (κ3) is 5.91. The fourth-order valence-electron chi connectivity index (χ4n) is 2.96. The Morgan fingerprint density at radius 3 is 2.23 bits per heavy atom. The SMILES string of the molecule is CCOC(=O)N1CCN(C(=NC)NCc2ccc(CN(C)C)cc2)CC1. The molecule has 0 radical (unpaired) electrons. The van der Waals surface area contributed by atoms with Crippen molar-refractivity contribution in [3.8, 4) is 0 Å². The molecular formula is C19H31N5O2. The quantitative estimate of drug-likeness (QED) is 0.638. The first-order chi connectivity index (χ1) is 12.5. The van der Waals surface area contributed by atoms with Crippen LogP contribution in [-0.2, 0) is 17.8 Å². The molecule has 1 heterocycles. The largest absolute Gasteiger partial charge is 0.450 e. The number of aliphatic imine (C=N–C) groups is 1. The third-order valence-electron chi connectivity index (χ3n) is 4.29. The second-order valence-corrected chi connectivity index (χ2v) is 6.63. The maximum Gasteiger partial charge on any atom is 0.409 e. The van der Waals surface area contributed by atoms with E-state index in [2.05, 4.69) is 58.5 Å². The Labute approximate surface area is 156 Å². The Bertz CT molecular complexity index is 592. The van der Waals surface area contributed by atoms with E-state index in [1.165, 1.54) is 11.1 Å². The fourth-order valence-corrected chi connectivity index (χ4v) is 2.96. The second-order valence-electron chi connectivity index (χ2n) is 6.63. The van der Waals surface area contributed by atoms with Gasteiger partial charge in [0.2, 0.25) is 0 Å². The molecule has 7 nitrogen and oxygen atoms in total. The minimum atomic E-state index is -0.229. The van der Waals surface area contributed by atoms with Crippen LogP contribution in [0.3, 0.4) is 0 Å². The predicted molar refractivity (Wildman–Crippen MR) is 104 cm³/mol. The number of hydrogen-bond donors (Lipinski definition) is 1. The van der Waals surface area contributed by atoms with Crippen LogP contribution in [0.5, 0.6) is 0 Å². The van der Waals surface area contributed by atoms with Crippen molar-refractivity contribution in [2.45, 2.75) is 20.0 Å². The Kier molecular flexibility index (Phi) is 7.72. The molecule has 1 amide bonds. The number of ether oxygens (including phenoxy) is 1. The van der Waals surface area contributed by atoms with Gasteiger partial charge in [0.05, 0.1) is 6.61 Å². The molecule has 1 aliphatic heterocycles. The number of hydrogen-bond acceptors (Lipinski definition) is 4. The molecule has 0 aromatic heterocycles. The molecule has 1 aromatic carbocycles. The van der Waals surface area contributed by atoms with Crippen molar-refractivity contribution in [1.29, 1.82) is 0 Å². The van der Waals surface area contributed by atoms with Crippen LogP contribution < -0.4 is 5.32 Å². The van der Waals surface area contributed by atoms with E-state index in [-0.39, 0.29) is 6.09 Å². The van der Waals surface area contributed by atoms with Gasteiger partial charge in [0.15, 0.2) is 5.96 Å². The molecule has 0 bridgehead atoms. The molecule has 26 heavy (non-hydrogen) atoms. The lowest BCUT2D eigenvalue weighted by Gasteiger charge is -2.35. The number of nitrogens with zero attached hydrogens (tertiary/aromatic N) is 4. The Balaban J connectivity index is 1.82. The molecule has 0 saturated carbocycles. The minimum absolute atomic E-state index is 0.229. The highest BCUT2D eigenvalue weighted by Gasteiger charge is 2.23. The molecule has 1 N–H and O–H groups in total. The topological polar surface area (TPSA) is 60.4 Å². The third-order valence-corrected chi connectivity index (χ3v) is 4.29. The van der Waals surface area contributed by atoms with Crippen molar-refractivity contribution in [3.05, 3.63) is 35.4 Å². The Morgan fingerprint density at radius 2 is 1.69 bits per heavy atom. The molecule has 1 fully saturated rings. The summed E-state index contributed by atoms with van der Waals surface area (Å²) in [6.45, 7) is 6.72. The number of carbonyl (C=O) groups is 1. The van der Waals surface area contributed by atoms with Gasteiger partial charge in [-0.3, -0.25) is 4.99 Å². The summed E-state index contributed by atoms with van der Waals surface area (Å²) in [5.74, 6) is 0.867. The van der Waals surface area contributed by atoms with E-state index in [9.17, 15) is 4.79 Å². The van der Waals surface area contributed by atoms with E-state index >= 15 is 0 Å². The van der Waals surface area contributed by atoms with Crippen LogP contribution in [0.2, 0.25) is 0 Å². The highest BCUT2D eigenvalue weighted by molar-refractivity contribution is 5.80. The summed E-state index contributed by atoms with van der Waals surface area (Å²) in [4.78, 5) is 22.2. The monoisotopic (exact) mass is 361 g/mol. The number of benzene rings is 1. The van der Waals surface area contributed by atoms with Gasteiger partial charge in [-0.1, -0.05) is 24.3 Å². The molecule has 1 saturated heterocycles. The molecule has 0 atom stereocenters. The zero-order valence-corrected chi connectivity index (χ0v) is 16.4. The number of guanidine groups is 1. The number of rotatable bonds is 5. The van der Waals surface area contributed by atoms with E-state index in [0.717, 1.165) is 32.1 Å². The number of amides is 1. The van der Waals surface area contributed by atoms with Crippen molar-refractivity contribution in [2.24, 2.45) is 4.99 Å². The molecule has 0 spiro atoms. The molecule has 2 rings (SSSR count). The lowest BCUT2D eigenvalue weighted by atomic mass is 10.1. The van der Waals surface area contributed by atoms with E-state index in [0.29, 0.717) is 19.7 Å². The van der Waals surface area contributed by atoms with E-state index in [4.69, 9.17) is 4.74 Å². The van der Waals surface area contributed by atoms with Crippen LogP contribution >= 0.6 is 0 Å². The molecular weight excluding hydrogens is 330 g/mol. The average molecular weight is 361 g/mol. The maximum atomic E-state index is 11.8. The fraction of sp³-hybridized carbons (Fsp3) is 0.579. The lowest BCUT2D eigenvalue weighted by Crippen LogP contribution is -2.53. The van der Waals surface area contributed by atoms with Gasteiger partial charge in [0.25, 0.3) is 0 Å². The minimum Gasteiger partial charge on any atom is -0.450 e. The first-order valence-corrected chi connectivity index (χ1v) is 9.13. The van der Waals surface area contributed by atoms with Crippen LogP contribution in [0.1, 0.15) is 18.1 Å². The Morgan fingerprint density at radius 1 is 1.12 bits per heavy atom. The van der Waals surface area contributed by atoms with Crippen LogP contribution in [0, 0.1) is 0 Å². The number of piperazine rings is 1. The number of carbonyl (C=O) groups excluding carboxylic acids is 1. The van der Waals surface area contributed by atoms with Gasteiger partial charge in [0.1, 0.15) is 0 Å². The van der Waals surface area contributed by atoms with Crippen molar-refractivity contribution < 1.29 is 9.53 Å². The van der Waals surface area contributed by atoms with Crippen LogP contribution in [0.4, 0.5) is 4.79 Å². The van der Waals surface area contributed by atoms with E-state index < -0.39 is 0 Å². The van der Waals surface area contributed by atoms with Crippen molar-refractivity contribution in [1.82, 2.24) is 20.0 Å². The molecule has 0 aliphatic carbocycles. The van der Waals surface area contributed by atoms with Crippen LogP contribution in [0.15, 0.2) is 29.3 Å². The normalized spacial score (nSPS) is 15.3. The zero-order valence-electron chi connectivity index (χ0n) is 16.4. The lowest BCUT2D eigenvalue weighted by molar-refractivity contribution is 0.0914. The molecule has 7 heteroatoms. The number of nitrogens with one attached hydrogen (secondary N) is 1. The van der Waals surface area contributed by atoms with Crippen LogP contribution in [-0.4, -0.2) is 80.7 Å². The van der Waals surface area contributed by atoms with Gasteiger partial charge in [-0.25, -0.2) is 4.79 Å². The summed E-state index contributed by atoms with van der Waals surface area (Å²) < 4.78 is 5.06. The van der Waals surface area contributed by atoms with Crippen molar-refractivity contribution in [3.63, 3.8) is 0 Å². The Hall–Kier alpha value is -2.28. The van der Waals surface area contributed by atoms with Gasteiger partial charge in [-0.2, -0.15) is 0 Å². The molecule has 1 aliphatic rings. The summed E-state index contributed by atoms with van der Waals surface area (Å²) in [5, 5.41) is 3.42. The second kappa shape index (κ2) is 10.0. The molecule has 0 unspecified atom stereocenters. The van der Waals surface area contributed by atoms with E-state index in [1.54, 1.807) is 11.9 Å².